The quantitative estimate of drug-likeness (QED) is 0.355. The van der Waals surface area contributed by atoms with Crippen molar-refractivity contribution in [3.8, 4) is 17.1 Å². The van der Waals surface area contributed by atoms with E-state index in [1.54, 1.807) is 26.1 Å². The summed E-state index contributed by atoms with van der Waals surface area (Å²) in [5.41, 5.74) is 0.742. The van der Waals surface area contributed by atoms with Crippen LogP contribution in [-0.4, -0.2) is 43.4 Å². The van der Waals surface area contributed by atoms with Crippen molar-refractivity contribution in [1.82, 2.24) is 29.7 Å². The number of aromatic nitrogens is 6. The number of nitrogens with zero attached hydrogens (tertiary/aromatic N) is 6. The van der Waals surface area contributed by atoms with Crippen LogP contribution in [0.1, 0.15) is 37.0 Å². The minimum absolute atomic E-state index is 0.0668. The zero-order valence-electron chi connectivity index (χ0n) is 19.0. The first kappa shape index (κ1) is 24.8. The van der Waals surface area contributed by atoms with Gasteiger partial charge in [0.05, 0.1) is 10.3 Å². The number of hydrogen-bond donors (Lipinski definition) is 0. The number of pyridine rings is 1. The zero-order valence-corrected chi connectivity index (χ0v) is 20.6. The predicted octanol–water partition coefficient (Wildman–Crippen LogP) is 4.47. The van der Waals surface area contributed by atoms with Gasteiger partial charge in [-0.3, -0.25) is 9.55 Å². The van der Waals surface area contributed by atoms with Gasteiger partial charge < -0.3 is 0 Å². The Bertz CT molecular complexity index is 1460. The van der Waals surface area contributed by atoms with E-state index in [0.29, 0.717) is 16.4 Å². The molecule has 3 aromatic heterocycles. The van der Waals surface area contributed by atoms with Crippen LogP contribution in [0.3, 0.4) is 0 Å². The van der Waals surface area contributed by atoms with Gasteiger partial charge in [0.1, 0.15) is 28.9 Å². The fraction of sp³-hybridized carbons (Fsp3) is 0.261. The fourth-order valence-corrected chi connectivity index (χ4v) is 5.25. The zero-order chi connectivity index (χ0) is 25.3. The monoisotopic (exact) mass is 518 g/mol. The standard InChI is InChI=1S/C23H21ClF2N6O2S/c1-13-7-16(9-27-8-13)23-31-30-20(32(23)21-18(25)5-4-6-19(21)26)12-35(33,34)15(3)14(2)22-28-10-17(24)11-29-22/h4-11,14-15H,12H2,1-3H3/t14-,15-/m0/s1. The van der Waals surface area contributed by atoms with Gasteiger partial charge in [-0.05, 0) is 37.6 Å². The SMILES string of the molecule is Cc1cncc(-c2nnc(CS(=O)(=O)[C@@H](C)[C@H](C)c3ncc(Cl)cn3)n2-c2c(F)cccc2F)c1. The molecular formula is C23H21ClF2N6O2S. The number of para-hydroxylation sites is 1. The maximum absolute atomic E-state index is 14.8. The van der Waals surface area contributed by atoms with Gasteiger partial charge >= 0.3 is 0 Å². The summed E-state index contributed by atoms with van der Waals surface area (Å²) in [4.78, 5) is 12.3. The highest BCUT2D eigenvalue weighted by Gasteiger charge is 2.32. The third-order valence-electron chi connectivity index (χ3n) is 5.67. The summed E-state index contributed by atoms with van der Waals surface area (Å²) in [6.07, 6.45) is 5.85. The molecule has 35 heavy (non-hydrogen) atoms. The maximum Gasteiger partial charge on any atom is 0.170 e. The summed E-state index contributed by atoms with van der Waals surface area (Å²) >= 11 is 5.83. The molecule has 0 amide bonds. The number of benzene rings is 1. The van der Waals surface area contributed by atoms with E-state index < -0.39 is 44.1 Å². The minimum Gasteiger partial charge on any atom is -0.272 e. The third kappa shape index (κ3) is 5.06. The van der Waals surface area contributed by atoms with Crippen LogP contribution < -0.4 is 0 Å². The van der Waals surface area contributed by atoms with E-state index in [-0.39, 0.29) is 11.6 Å². The smallest absolute Gasteiger partial charge is 0.170 e. The molecule has 0 aliphatic carbocycles. The van der Waals surface area contributed by atoms with Crippen molar-refractivity contribution in [3.63, 3.8) is 0 Å². The van der Waals surface area contributed by atoms with E-state index >= 15 is 0 Å². The average molecular weight is 519 g/mol. The first-order valence-electron chi connectivity index (χ1n) is 10.6. The lowest BCUT2D eigenvalue weighted by molar-refractivity contribution is 0.555. The molecule has 182 valence electrons. The Morgan fingerprint density at radius 1 is 1.03 bits per heavy atom. The molecular weight excluding hydrogens is 498 g/mol. The molecule has 2 atom stereocenters. The Balaban J connectivity index is 1.79. The van der Waals surface area contributed by atoms with E-state index in [9.17, 15) is 17.2 Å². The van der Waals surface area contributed by atoms with Gasteiger partial charge in [-0.2, -0.15) is 0 Å². The van der Waals surface area contributed by atoms with Crippen molar-refractivity contribution in [1.29, 1.82) is 0 Å². The summed E-state index contributed by atoms with van der Waals surface area (Å²) in [6.45, 7) is 5.00. The molecule has 4 rings (SSSR count). The molecule has 4 aromatic rings. The van der Waals surface area contributed by atoms with Crippen molar-refractivity contribution in [2.24, 2.45) is 0 Å². The number of rotatable bonds is 7. The molecule has 0 fully saturated rings. The van der Waals surface area contributed by atoms with Crippen molar-refractivity contribution < 1.29 is 17.2 Å². The Labute approximate surface area is 206 Å². The first-order chi connectivity index (χ1) is 16.6. The number of sulfone groups is 1. The first-order valence-corrected chi connectivity index (χ1v) is 12.7. The highest BCUT2D eigenvalue weighted by atomic mass is 35.5. The average Bonchev–Trinajstić information content (AvgIpc) is 3.21. The summed E-state index contributed by atoms with van der Waals surface area (Å²) in [5.74, 6) is -2.74. The molecule has 0 aliphatic heterocycles. The Hall–Kier alpha value is -3.31. The largest absolute Gasteiger partial charge is 0.272 e. The summed E-state index contributed by atoms with van der Waals surface area (Å²) in [7, 11) is -3.90. The van der Waals surface area contributed by atoms with Crippen LogP contribution in [0.2, 0.25) is 5.02 Å². The van der Waals surface area contributed by atoms with Crippen molar-refractivity contribution in [2.45, 2.75) is 37.7 Å². The van der Waals surface area contributed by atoms with Crippen LogP contribution in [0.25, 0.3) is 17.1 Å². The normalized spacial score (nSPS) is 13.5. The Kier molecular flexibility index (Phi) is 6.91. The van der Waals surface area contributed by atoms with Crippen LogP contribution in [0.15, 0.2) is 49.1 Å². The minimum atomic E-state index is -3.90. The number of aryl methyl sites for hydroxylation is 1. The van der Waals surface area contributed by atoms with Gasteiger partial charge in [-0.15, -0.1) is 10.2 Å². The van der Waals surface area contributed by atoms with E-state index in [2.05, 4.69) is 25.1 Å². The van der Waals surface area contributed by atoms with Gasteiger partial charge in [0, 0.05) is 36.3 Å². The summed E-state index contributed by atoms with van der Waals surface area (Å²) in [6, 6.07) is 5.10. The topological polar surface area (TPSA) is 104 Å². The van der Waals surface area contributed by atoms with E-state index in [1.165, 1.54) is 31.6 Å². The Morgan fingerprint density at radius 3 is 2.31 bits per heavy atom. The van der Waals surface area contributed by atoms with E-state index in [4.69, 9.17) is 11.6 Å². The Morgan fingerprint density at radius 2 is 1.69 bits per heavy atom. The van der Waals surface area contributed by atoms with E-state index in [1.807, 2.05) is 0 Å². The van der Waals surface area contributed by atoms with Crippen LogP contribution in [0.5, 0.6) is 0 Å². The van der Waals surface area contributed by atoms with Gasteiger partial charge in [-0.25, -0.2) is 27.2 Å². The van der Waals surface area contributed by atoms with Gasteiger partial charge in [0.25, 0.3) is 0 Å². The molecule has 0 radical (unpaired) electrons. The molecule has 1 aromatic carbocycles. The highest BCUT2D eigenvalue weighted by molar-refractivity contribution is 7.91. The molecule has 12 heteroatoms. The lowest BCUT2D eigenvalue weighted by Gasteiger charge is -2.19. The molecule has 0 bridgehead atoms. The maximum atomic E-state index is 14.8. The lowest BCUT2D eigenvalue weighted by atomic mass is 10.1. The fourth-order valence-electron chi connectivity index (χ4n) is 3.60. The van der Waals surface area contributed by atoms with Crippen LogP contribution in [0, 0.1) is 18.6 Å². The van der Waals surface area contributed by atoms with Crippen LogP contribution >= 0.6 is 11.6 Å². The van der Waals surface area contributed by atoms with Crippen LogP contribution in [0.4, 0.5) is 8.78 Å². The molecule has 0 N–H and O–H groups in total. The van der Waals surface area contributed by atoms with Crippen molar-refractivity contribution in [3.05, 3.63) is 82.9 Å². The van der Waals surface area contributed by atoms with E-state index in [0.717, 1.165) is 22.3 Å². The second-order valence-electron chi connectivity index (χ2n) is 8.16. The molecule has 3 heterocycles. The lowest BCUT2D eigenvalue weighted by Crippen LogP contribution is -2.27. The predicted molar refractivity (Wildman–Crippen MR) is 127 cm³/mol. The number of hydrogen-bond acceptors (Lipinski definition) is 7. The van der Waals surface area contributed by atoms with Crippen molar-refractivity contribution >= 4 is 21.4 Å². The molecule has 0 saturated carbocycles. The van der Waals surface area contributed by atoms with Gasteiger partial charge in [0.15, 0.2) is 21.5 Å². The highest BCUT2D eigenvalue weighted by Crippen LogP contribution is 2.30. The van der Waals surface area contributed by atoms with Gasteiger partial charge in [0.2, 0.25) is 0 Å². The second kappa shape index (κ2) is 9.74. The third-order valence-corrected chi connectivity index (χ3v) is 8.07. The summed E-state index contributed by atoms with van der Waals surface area (Å²) < 4.78 is 57.5. The molecule has 0 saturated heterocycles. The molecule has 0 unspecified atom stereocenters. The van der Waals surface area contributed by atoms with Crippen LogP contribution in [-0.2, 0) is 15.6 Å². The summed E-state index contributed by atoms with van der Waals surface area (Å²) in [5, 5.41) is 7.48. The van der Waals surface area contributed by atoms with Gasteiger partial charge in [-0.1, -0.05) is 24.6 Å². The molecule has 0 spiro atoms. The second-order valence-corrected chi connectivity index (χ2v) is 11.0. The van der Waals surface area contributed by atoms with Crippen molar-refractivity contribution in [2.75, 3.05) is 0 Å². The molecule has 8 nitrogen and oxygen atoms in total. The number of halogens is 3. The molecule has 0 aliphatic rings.